The molecule has 0 unspecified atom stereocenters. The normalized spacial score (nSPS) is 14.3. The summed E-state index contributed by atoms with van der Waals surface area (Å²) in [6.45, 7) is 6.41. The van der Waals surface area contributed by atoms with Crippen molar-refractivity contribution < 1.29 is 77.0 Å². The number of carboxylic acids is 1. The molecule has 0 bridgehead atoms. The molecule has 0 radical (unpaired) electrons. The Hall–Kier alpha value is -11.6. The van der Waals surface area contributed by atoms with Gasteiger partial charge in [0.2, 0.25) is 70.9 Å². The fourth-order valence-electron chi connectivity index (χ4n) is 11.1. The van der Waals surface area contributed by atoms with Crippen LogP contribution in [0.3, 0.4) is 0 Å². The number of guanidine groups is 3. The highest BCUT2D eigenvalue weighted by molar-refractivity contribution is 7.80. The average Bonchev–Trinajstić information content (AvgIpc) is 0.813. The van der Waals surface area contributed by atoms with Gasteiger partial charge in [0.05, 0.1) is 38.0 Å². The Morgan fingerprint density at radius 1 is 0.465 bits per heavy atom. The van der Waals surface area contributed by atoms with Gasteiger partial charge in [-0.3, -0.25) is 88.3 Å². The van der Waals surface area contributed by atoms with Crippen LogP contribution in [0.2, 0.25) is 0 Å². The molecule has 626 valence electrons. The first kappa shape index (κ1) is 96.6. The number of nitrogen functional groups attached to an aromatic ring is 1. The molecular weight excluding hydrogens is 1520 g/mol. The van der Waals surface area contributed by atoms with Crippen LogP contribution in [0, 0.1) is 28.1 Å². The zero-order valence-electron chi connectivity index (χ0n) is 64.4. The van der Waals surface area contributed by atoms with Gasteiger partial charge in [-0.15, -0.1) is 0 Å². The number of carboxylic acid groups (broad SMARTS) is 1. The summed E-state index contributed by atoms with van der Waals surface area (Å²) in [6.07, 6.45) is -1.30. The van der Waals surface area contributed by atoms with E-state index in [1.54, 1.807) is 113 Å². The summed E-state index contributed by atoms with van der Waals surface area (Å²) in [5, 5.41) is 68.2. The Bertz CT molecular complexity index is 3780. The molecule has 0 aliphatic rings. The topological polar surface area (TPSA) is 650 Å². The number of hydrogen-bond acceptors (Lipinski definition) is 22. The van der Waals surface area contributed by atoms with E-state index < -0.39 is 198 Å². The third-order valence-electron chi connectivity index (χ3n) is 18.0. The first-order valence-corrected chi connectivity index (χ1v) is 38.3. The molecule has 13 amide bonds. The second-order valence-electron chi connectivity index (χ2n) is 27.0. The molecule has 114 heavy (non-hydrogen) atoms. The molecule has 28 N–H and O–H groups in total. The van der Waals surface area contributed by atoms with E-state index in [1.165, 1.54) is 6.92 Å². The van der Waals surface area contributed by atoms with Gasteiger partial charge in [-0.25, -0.2) is 0 Å². The number of hydrogen-bond donors (Lipinski definition) is 25. The highest BCUT2D eigenvalue weighted by Crippen LogP contribution is 2.18. The first-order valence-electron chi connectivity index (χ1n) is 37.0. The Kier molecular flexibility index (Phi) is 43.3. The van der Waals surface area contributed by atoms with Gasteiger partial charge >= 0.3 is 5.97 Å². The molecule has 13 atom stereocenters. The Labute approximate surface area is 671 Å². The van der Waals surface area contributed by atoms with E-state index in [0.29, 0.717) is 28.7 Å². The molecule has 0 aromatic heterocycles. The largest absolute Gasteiger partial charge is 0.481 e. The quantitative estimate of drug-likeness (QED) is 0.00631. The van der Waals surface area contributed by atoms with Gasteiger partial charge in [-0.1, -0.05) is 113 Å². The number of nitrogens with two attached hydrogens (primary N) is 5. The van der Waals surface area contributed by atoms with Crippen LogP contribution in [-0.4, -0.2) is 228 Å². The molecule has 0 aliphatic carbocycles. The monoisotopic (exact) mass is 1630 g/mol. The maximum Gasteiger partial charge on any atom is 0.305 e. The number of nitrogens with one attached hydrogen (secondary N) is 17. The molecule has 39 nitrogen and oxygen atoms in total. The molecule has 0 saturated carbocycles. The van der Waals surface area contributed by atoms with Crippen molar-refractivity contribution in [1.29, 1.82) is 16.2 Å². The van der Waals surface area contributed by atoms with Crippen LogP contribution in [0.25, 0.3) is 0 Å². The van der Waals surface area contributed by atoms with Crippen LogP contribution in [0.1, 0.15) is 109 Å². The third kappa shape index (κ3) is 35.4. The van der Waals surface area contributed by atoms with E-state index in [2.05, 4.69) is 99.7 Å². The fourth-order valence-corrected chi connectivity index (χ4v) is 11.6. The number of aliphatic carboxylic acids is 1. The summed E-state index contributed by atoms with van der Waals surface area (Å²) in [4.78, 5) is 209. The number of carbonyl (C=O) groups is 15. The van der Waals surface area contributed by atoms with E-state index in [4.69, 9.17) is 44.9 Å². The number of benzene rings is 3. The molecule has 3 aromatic rings. The second-order valence-corrected chi connectivity index (χ2v) is 27.7. The molecule has 41 heteroatoms. The summed E-state index contributed by atoms with van der Waals surface area (Å²) in [5.74, 6) is -17.0. The van der Waals surface area contributed by atoms with Gasteiger partial charge in [-0.2, -0.15) is 25.3 Å². The zero-order chi connectivity index (χ0) is 85.1. The van der Waals surface area contributed by atoms with Crippen LogP contribution in [0.4, 0.5) is 5.69 Å². The minimum Gasteiger partial charge on any atom is -0.481 e. The highest BCUT2D eigenvalue weighted by Gasteiger charge is 2.40. The molecule has 3 rings (SSSR count). The summed E-state index contributed by atoms with van der Waals surface area (Å²) in [6, 6.07) is 6.96. The Morgan fingerprint density at radius 2 is 0.895 bits per heavy atom. The van der Waals surface area contributed by atoms with Crippen molar-refractivity contribution in [3.05, 3.63) is 102 Å². The number of aldehydes is 1. The van der Waals surface area contributed by atoms with Gasteiger partial charge in [0.15, 0.2) is 17.9 Å². The average molecular weight is 1630 g/mol. The van der Waals surface area contributed by atoms with Crippen molar-refractivity contribution in [2.45, 2.75) is 178 Å². The summed E-state index contributed by atoms with van der Waals surface area (Å²) >= 11 is 8.37. The Balaban J connectivity index is 1.91. The van der Waals surface area contributed by atoms with Crippen LogP contribution < -0.4 is 103 Å². The second kappa shape index (κ2) is 51.1. The molecule has 0 saturated heterocycles. The third-order valence-corrected chi connectivity index (χ3v) is 18.7. The summed E-state index contributed by atoms with van der Waals surface area (Å²) < 4.78 is 0. The van der Waals surface area contributed by atoms with Crippen molar-refractivity contribution in [3.63, 3.8) is 0 Å². The number of amides is 13. The van der Waals surface area contributed by atoms with E-state index in [1.807, 2.05) is 0 Å². The number of carbonyl (C=O) groups excluding carboxylic acids is 14. The van der Waals surface area contributed by atoms with E-state index in [9.17, 15) is 77.0 Å². The minimum atomic E-state index is -1.99. The van der Waals surface area contributed by atoms with Crippen molar-refractivity contribution in [3.8, 4) is 0 Å². The predicted molar refractivity (Wildman–Crippen MR) is 430 cm³/mol. The maximum absolute atomic E-state index is 15.0. The van der Waals surface area contributed by atoms with Crippen LogP contribution in [-0.2, 0) is 91.2 Å². The van der Waals surface area contributed by atoms with Crippen LogP contribution >= 0.6 is 25.3 Å². The maximum atomic E-state index is 15.0. The molecular formula is C73H111N23O16S2. The number of nitrogens with zero attached hydrogens (tertiary/aromatic N) is 1. The standard InChI is InChI=1S/C73H111N23O16S2/c1-6-40(3)59(94-64(106)49(22-15-29-83-72(78)79)88-56(99)36-85-55(98)35-86-63(105)51(31-43-17-10-8-11-18-43)90-61(103)42(5)87-62(104)48(75)38-113)68(110)91-52(34-58(101)102)66(108)89-50(23-16-30-84-73(80)81)65(107)95-60(41(4)7-2)69(111)93-54(39-114)67(109)92-53(32-44-19-12-9-13-20-44)70(112)96(47(37-97)21-14-28-82-71(76)77)57(100)33-45-24-26-46(74)27-25-45/h8-13,17-20,24-27,37,40-42,47-54,59-60,113-114H,6-7,14-16,21-23,28-36,38-39,74-75H2,1-5H3,(H,85,98)(H,86,105)(H,87,104)(H,88,99)(H,89,108)(H,90,103)(H,91,110)(H,92,109)(H,93,111)(H,94,106)(H,95,107)(H,101,102)(H4,76,77,82)(H4,78,79,83)(H4,80,81,84)/t40-,41-,42+,47-,48-,49-,50-,51-,52-,53-,54-,59-,60-/m0/s1. The molecule has 0 heterocycles. The van der Waals surface area contributed by atoms with E-state index in [0.717, 1.165) is 4.90 Å². The molecule has 0 spiro atoms. The molecule has 0 aliphatic heterocycles. The van der Waals surface area contributed by atoms with Gasteiger partial charge in [-0.05, 0) is 86.1 Å². The lowest BCUT2D eigenvalue weighted by molar-refractivity contribution is -0.151. The van der Waals surface area contributed by atoms with Crippen molar-refractivity contribution in [1.82, 2.24) is 79.3 Å². The lowest BCUT2D eigenvalue weighted by atomic mass is 9.96. The number of anilines is 1. The number of imide groups is 1. The molecule has 0 fully saturated rings. The van der Waals surface area contributed by atoms with Crippen molar-refractivity contribution in [2.75, 3.05) is 50.0 Å². The van der Waals surface area contributed by atoms with Crippen LogP contribution in [0.5, 0.6) is 0 Å². The summed E-state index contributed by atoms with van der Waals surface area (Å²) in [7, 11) is 0. The summed E-state index contributed by atoms with van der Waals surface area (Å²) in [5.41, 5.74) is 30.0. The van der Waals surface area contributed by atoms with Gasteiger partial charge in [0, 0.05) is 49.7 Å². The van der Waals surface area contributed by atoms with Gasteiger partial charge in [0.1, 0.15) is 60.7 Å². The smallest absolute Gasteiger partial charge is 0.305 e. The van der Waals surface area contributed by atoms with Gasteiger partial charge in [0.25, 0.3) is 5.91 Å². The van der Waals surface area contributed by atoms with E-state index in [-0.39, 0.29) is 102 Å². The molecule has 3 aromatic carbocycles. The van der Waals surface area contributed by atoms with Crippen LogP contribution in [0.15, 0.2) is 84.9 Å². The van der Waals surface area contributed by atoms with E-state index >= 15 is 0 Å². The minimum absolute atomic E-state index is 0.00834. The highest BCUT2D eigenvalue weighted by atomic mass is 32.1. The number of thiol groups is 2. The lowest BCUT2D eigenvalue weighted by Crippen LogP contribution is -2.62. The fraction of sp³-hybridized carbons (Fsp3) is 0.507. The lowest BCUT2D eigenvalue weighted by Gasteiger charge is -2.32. The van der Waals surface area contributed by atoms with Gasteiger partial charge < -0.3 is 113 Å². The SMILES string of the molecule is CC[C@H](C)[C@H](NC(=O)[C@H](CCCNC(=N)N)NC(=O)CNC(=O)CNC(=O)[C@H](Cc1ccccc1)NC(=O)[C@@H](C)NC(=O)[C@@H](N)CS)C(=O)N[C@@H](CC(=O)O)C(=O)N[C@@H](CCCNC(=N)N)C(=O)N[C@H](C(=O)N[C@@H](CS)C(=O)N[C@@H](Cc1ccccc1)C(=O)N(C(=O)Cc1ccc(N)cc1)[C@H](C=O)CCCNC(=N)N)[C@@H](C)CC. The first-order chi connectivity index (χ1) is 54.1. The Morgan fingerprint density at radius 3 is 1.36 bits per heavy atom. The zero-order valence-corrected chi connectivity index (χ0v) is 66.2. The van der Waals surface area contributed by atoms with Crippen molar-refractivity contribution >= 4 is 138 Å². The number of rotatable bonds is 51. The predicted octanol–water partition coefficient (Wildman–Crippen LogP) is -4.62. The van der Waals surface area contributed by atoms with Crippen molar-refractivity contribution in [2.24, 2.45) is 34.8 Å².